The monoisotopic (exact) mass is 509 g/mol. The minimum absolute atomic E-state index is 0.00182. The number of allylic oxidation sites excluding steroid dienone is 1. The third kappa shape index (κ3) is 4.18. The highest BCUT2D eigenvalue weighted by Crippen LogP contribution is 2.44. The molecule has 1 unspecified atom stereocenters. The van der Waals surface area contributed by atoms with Gasteiger partial charge in [-0.05, 0) is 71.0 Å². The van der Waals surface area contributed by atoms with Gasteiger partial charge in [0.25, 0.3) is 0 Å². The molecular weight excluding hydrogens is 476 g/mol. The standard InChI is InChI=1S/C26H33BFN5O4/c1-17(18-7-8-21(29-13-18)33-15-20(28)14-30-33)32-16-22(34)31(6)26(23(32)35)11-9-19(10-12-26)27-36-24(2,3)25(4,5)37-27/h7-9,13-15,17H,10-12,16H2,1-6H3/t17-,26?/m0/s1. The predicted octanol–water partition coefficient (Wildman–Crippen LogP) is 3.25. The van der Waals surface area contributed by atoms with Gasteiger partial charge in [0.05, 0.1) is 29.6 Å². The van der Waals surface area contributed by atoms with Gasteiger partial charge in [0, 0.05) is 13.2 Å². The molecule has 0 radical (unpaired) electrons. The predicted molar refractivity (Wildman–Crippen MR) is 135 cm³/mol. The number of nitrogens with zero attached hydrogens (tertiary/aromatic N) is 5. The Morgan fingerprint density at radius 1 is 1.11 bits per heavy atom. The molecule has 2 atom stereocenters. The second-order valence-corrected chi connectivity index (χ2v) is 11.2. The normalized spacial score (nSPS) is 26.1. The molecule has 37 heavy (non-hydrogen) atoms. The second-order valence-electron chi connectivity index (χ2n) is 11.2. The van der Waals surface area contributed by atoms with Crippen molar-refractivity contribution in [2.45, 2.75) is 76.7 Å². The van der Waals surface area contributed by atoms with Crippen molar-refractivity contribution in [3.8, 4) is 5.82 Å². The van der Waals surface area contributed by atoms with Gasteiger partial charge in [-0.25, -0.2) is 14.1 Å². The van der Waals surface area contributed by atoms with Gasteiger partial charge in [-0.1, -0.05) is 12.1 Å². The third-order valence-corrected chi connectivity index (χ3v) is 8.57. The Bertz CT molecular complexity index is 1240. The summed E-state index contributed by atoms with van der Waals surface area (Å²) in [4.78, 5) is 34.7. The van der Waals surface area contributed by atoms with E-state index in [9.17, 15) is 14.0 Å². The number of aromatic nitrogens is 3. The summed E-state index contributed by atoms with van der Waals surface area (Å²) in [5.74, 6) is -0.168. The largest absolute Gasteiger partial charge is 0.490 e. The number of carbonyl (C=O) groups is 2. The van der Waals surface area contributed by atoms with Crippen molar-refractivity contribution in [3.63, 3.8) is 0 Å². The van der Waals surface area contributed by atoms with E-state index in [1.54, 1.807) is 29.1 Å². The lowest BCUT2D eigenvalue weighted by molar-refractivity contribution is -0.166. The Hall–Kier alpha value is -3.05. The van der Waals surface area contributed by atoms with Crippen LogP contribution in [0, 0.1) is 5.82 Å². The van der Waals surface area contributed by atoms with Gasteiger partial charge in [-0.2, -0.15) is 5.10 Å². The van der Waals surface area contributed by atoms with Crippen LogP contribution in [0.5, 0.6) is 0 Å². The van der Waals surface area contributed by atoms with Gasteiger partial charge >= 0.3 is 7.12 Å². The molecule has 1 aliphatic carbocycles. The maximum Gasteiger partial charge on any atom is 0.490 e. The number of likely N-dealkylation sites (N-methyl/N-ethyl adjacent to an activating group) is 1. The van der Waals surface area contributed by atoms with Crippen LogP contribution < -0.4 is 0 Å². The van der Waals surface area contributed by atoms with Crippen LogP contribution in [0.3, 0.4) is 0 Å². The zero-order chi connectivity index (χ0) is 26.8. The minimum atomic E-state index is -0.948. The molecule has 2 amide bonds. The summed E-state index contributed by atoms with van der Waals surface area (Å²) in [6, 6.07) is 3.18. The molecule has 1 spiro atoms. The van der Waals surface area contributed by atoms with E-state index in [2.05, 4.69) is 10.1 Å². The van der Waals surface area contributed by atoms with Crippen molar-refractivity contribution < 1.29 is 23.3 Å². The molecule has 2 aliphatic heterocycles. The van der Waals surface area contributed by atoms with E-state index in [-0.39, 0.29) is 24.4 Å². The van der Waals surface area contributed by atoms with Crippen LogP contribution in [-0.4, -0.2) is 73.8 Å². The summed E-state index contributed by atoms with van der Waals surface area (Å²) < 4.78 is 27.1. The number of hydrogen-bond acceptors (Lipinski definition) is 6. The molecule has 0 saturated carbocycles. The first kappa shape index (κ1) is 25.6. The summed E-state index contributed by atoms with van der Waals surface area (Å²) in [5.41, 5.74) is -0.0406. The average Bonchev–Trinajstić information content (AvgIpc) is 3.39. The zero-order valence-electron chi connectivity index (χ0n) is 22.2. The lowest BCUT2D eigenvalue weighted by Crippen LogP contribution is -2.67. The molecule has 196 valence electrons. The number of hydrogen-bond donors (Lipinski definition) is 0. The fourth-order valence-corrected chi connectivity index (χ4v) is 5.23. The van der Waals surface area contributed by atoms with E-state index in [0.717, 1.165) is 17.2 Å². The Kier molecular flexibility index (Phi) is 6.07. The molecule has 4 heterocycles. The van der Waals surface area contributed by atoms with E-state index in [1.807, 2.05) is 46.8 Å². The van der Waals surface area contributed by atoms with Crippen molar-refractivity contribution in [1.82, 2.24) is 24.6 Å². The van der Waals surface area contributed by atoms with Crippen molar-refractivity contribution in [1.29, 1.82) is 0 Å². The average molecular weight is 509 g/mol. The molecule has 3 aliphatic rings. The van der Waals surface area contributed by atoms with Crippen molar-refractivity contribution in [2.75, 3.05) is 13.6 Å². The molecule has 2 fully saturated rings. The highest BCUT2D eigenvalue weighted by atomic mass is 19.1. The SMILES string of the molecule is C[C@@H](c1ccc(-n2cc(F)cn2)nc1)N1CC(=O)N(C)C2(CC=C(B3OC(C)(C)C(C)(C)O3)CC2)C1=O. The van der Waals surface area contributed by atoms with Gasteiger partial charge in [0.2, 0.25) is 11.8 Å². The van der Waals surface area contributed by atoms with Gasteiger partial charge < -0.3 is 19.1 Å². The minimum Gasteiger partial charge on any atom is -0.400 e. The fourth-order valence-electron chi connectivity index (χ4n) is 5.23. The zero-order valence-corrected chi connectivity index (χ0v) is 22.2. The van der Waals surface area contributed by atoms with E-state index < -0.39 is 29.7 Å². The van der Waals surface area contributed by atoms with Crippen LogP contribution in [0.15, 0.2) is 42.3 Å². The number of carbonyl (C=O) groups excluding carboxylic acids is 2. The molecular formula is C26H33BFN5O4. The molecule has 0 bridgehead atoms. The number of amides is 2. The van der Waals surface area contributed by atoms with Gasteiger partial charge in [-0.15, -0.1) is 0 Å². The first-order chi connectivity index (χ1) is 17.3. The molecule has 0 aromatic carbocycles. The second kappa shape index (κ2) is 8.77. The quantitative estimate of drug-likeness (QED) is 0.588. The first-order valence-corrected chi connectivity index (χ1v) is 12.6. The topological polar surface area (TPSA) is 89.8 Å². The molecule has 2 saturated heterocycles. The smallest absolute Gasteiger partial charge is 0.400 e. The molecule has 0 N–H and O–H groups in total. The maximum atomic E-state index is 14.0. The highest BCUT2D eigenvalue weighted by molar-refractivity contribution is 6.54. The van der Waals surface area contributed by atoms with Gasteiger partial charge in [0.15, 0.2) is 11.6 Å². The third-order valence-electron chi connectivity index (χ3n) is 8.57. The first-order valence-electron chi connectivity index (χ1n) is 12.6. The highest BCUT2D eigenvalue weighted by Gasteiger charge is 2.56. The van der Waals surface area contributed by atoms with Crippen molar-refractivity contribution in [3.05, 3.63) is 53.7 Å². The van der Waals surface area contributed by atoms with Crippen LogP contribution >= 0.6 is 0 Å². The van der Waals surface area contributed by atoms with E-state index >= 15 is 0 Å². The molecule has 11 heteroatoms. The van der Waals surface area contributed by atoms with Crippen molar-refractivity contribution in [2.24, 2.45) is 0 Å². The molecule has 5 rings (SSSR count). The van der Waals surface area contributed by atoms with E-state index in [0.29, 0.717) is 25.1 Å². The number of piperazine rings is 1. The van der Waals surface area contributed by atoms with Crippen LogP contribution in [0.2, 0.25) is 0 Å². The van der Waals surface area contributed by atoms with Gasteiger partial charge in [-0.3, -0.25) is 9.59 Å². The van der Waals surface area contributed by atoms with Crippen LogP contribution in [-0.2, 0) is 18.9 Å². The lowest BCUT2D eigenvalue weighted by Gasteiger charge is -2.50. The van der Waals surface area contributed by atoms with Crippen LogP contribution in [0.25, 0.3) is 5.82 Å². The summed E-state index contributed by atoms with van der Waals surface area (Å²) in [7, 11) is 1.26. The summed E-state index contributed by atoms with van der Waals surface area (Å²) in [5, 5.41) is 3.93. The molecule has 9 nitrogen and oxygen atoms in total. The number of halogens is 1. The summed E-state index contributed by atoms with van der Waals surface area (Å²) >= 11 is 0. The lowest BCUT2D eigenvalue weighted by atomic mass is 9.67. The Morgan fingerprint density at radius 2 is 1.81 bits per heavy atom. The van der Waals surface area contributed by atoms with E-state index in [1.165, 1.54) is 10.9 Å². The molecule has 2 aromatic heterocycles. The maximum absolute atomic E-state index is 14.0. The van der Waals surface area contributed by atoms with Crippen LogP contribution in [0.4, 0.5) is 4.39 Å². The Morgan fingerprint density at radius 3 is 2.35 bits per heavy atom. The Balaban J connectivity index is 1.36. The Labute approximate surface area is 216 Å². The number of rotatable bonds is 4. The van der Waals surface area contributed by atoms with Crippen molar-refractivity contribution >= 4 is 18.9 Å². The van der Waals surface area contributed by atoms with Gasteiger partial charge in [0.1, 0.15) is 12.1 Å². The fraction of sp³-hybridized carbons (Fsp3) is 0.538. The summed E-state index contributed by atoms with van der Waals surface area (Å²) in [6.07, 6.45) is 7.50. The van der Waals surface area contributed by atoms with E-state index in [4.69, 9.17) is 9.31 Å². The number of pyridine rings is 1. The summed E-state index contributed by atoms with van der Waals surface area (Å²) in [6.45, 7) is 9.96. The molecule has 2 aromatic rings. The van der Waals surface area contributed by atoms with Crippen LogP contribution in [0.1, 0.15) is 65.5 Å².